The third-order valence-corrected chi connectivity index (χ3v) is 5.34. The van der Waals surface area contributed by atoms with E-state index in [0.29, 0.717) is 16.6 Å². The van der Waals surface area contributed by atoms with Crippen LogP contribution in [-0.4, -0.2) is 25.0 Å². The van der Waals surface area contributed by atoms with Gasteiger partial charge in [-0.2, -0.15) is 0 Å². The maximum atomic E-state index is 12.2. The molecule has 2 N–H and O–H groups in total. The van der Waals surface area contributed by atoms with Crippen molar-refractivity contribution in [2.75, 3.05) is 13.1 Å². The molecule has 3 nitrogen and oxygen atoms in total. The molecule has 1 aromatic rings. The van der Waals surface area contributed by atoms with Crippen LogP contribution in [0.3, 0.4) is 0 Å². The molecule has 1 amide bonds. The molecule has 1 saturated carbocycles. The Bertz CT molecular complexity index is 537. The lowest BCUT2D eigenvalue weighted by Gasteiger charge is -2.43. The number of hydrogen-bond donors (Lipinski definition) is 2. The summed E-state index contributed by atoms with van der Waals surface area (Å²) in [5, 5.41) is 7.70. The molecular weight excluding hydrogens is 307 g/mol. The lowest BCUT2D eigenvalue weighted by molar-refractivity contribution is -0.123. The Balaban J connectivity index is 1.70. The molecule has 1 aromatic carbocycles. The fraction of sp³-hybridized carbons (Fsp3) is 0.562. The van der Waals surface area contributed by atoms with Gasteiger partial charge in [0.1, 0.15) is 0 Å². The normalized spacial score (nSPS) is 23.6. The van der Waals surface area contributed by atoms with Crippen LogP contribution in [0.25, 0.3) is 0 Å². The van der Waals surface area contributed by atoms with E-state index in [-0.39, 0.29) is 17.4 Å². The van der Waals surface area contributed by atoms with Crippen LogP contribution < -0.4 is 10.6 Å². The zero-order valence-electron chi connectivity index (χ0n) is 11.9. The van der Waals surface area contributed by atoms with Crippen LogP contribution in [0.1, 0.15) is 37.7 Å². The average molecular weight is 327 g/mol. The number of amides is 1. The zero-order valence-corrected chi connectivity index (χ0v) is 13.4. The first-order chi connectivity index (χ1) is 10.1. The van der Waals surface area contributed by atoms with Gasteiger partial charge in [0.15, 0.2) is 0 Å². The van der Waals surface area contributed by atoms with Gasteiger partial charge in [0, 0.05) is 22.0 Å². The molecule has 2 fully saturated rings. The fourth-order valence-corrected chi connectivity index (χ4v) is 3.96. The Morgan fingerprint density at radius 2 is 2.14 bits per heavy atom. The SMILES string of the molecule is O=C(NCC1(c2ccc(Cl)cc2Cl)CCC1)C1CCCN1. The van der Waals surface area contributed by atoms with Crippen LogP contribution in [0.5, 0.6) is 0 Å². The molecule has 1 aliphatic carbocycles. The average Bonchev–Trinajstić information content (AvgIpc) is 2.93. The molecule has 1 heterocycles. The van der Waals surface area contributed by atoms with Crippen molar-refractivity contribution in [3.05, 3.63) is 33.8 Å². The number of benzene rings is 1. The van der Waals surface area contributed by atoms with Crippen molar-refractivity contribution in [3.63, 3.8) is 0 Å². The number of carbonyl (C=O) groups is 1. The van der Waals surface area contributed by atoms with Crippen LogP contribution >= 0.6 is 23.2 Å². The summed E-state index contributed by atoms with van der Waals surface area (Å²) in [6.45, 7) is 1.59. The van der Waals surface area contributed by atoms with Gasteiger partial charge >= 0.3 is 0 Å². The van der Waals surface area contributed by atoms with Gasteiger partial charge in [0.25, 0.3) is 0 Å². The van der Waals surface area contributed by atoms with E-state index in [9.17, 15) is 4.79 Å². The minimum atomic E-state index is -0.0252. The largest absolute Gasteiger partial charge is 0.354 e. The summed E-state index contributed by atoms with van der Waals surface area (Å²) in [5.74, 6) is 0.115. The summed E-state index contributed by atoms with van der Waals surface area (Å²) in [5.41, 5.74) is 1.09. The highest BCUT2D eigenvalue weighted by molar-refractivity contribution is 6.35. The van der Waals surface area contributed by atoms with Crippen LogP contribution in [0.15, 0.2) is 18.2 Å². The second-order valence-electron chi connectivity index (χ2n) is 6.12. The summed E-state index contributed by atoms with van der Waals surface area (Å²) >= 11 is 12.3. The second-order valence-corrected chi connectivity index (χ2v) is 6.97. The molecule has 2 aliphatic rings. The predicted molar refractivity (Wildman–Crippen MR) is 86.0 cm³/mol. The first-order valence-electron chi connectivity index (χ1n) is 7.57. The number of halogens is 2. The summed E-state index contributed by atoms with van der Waals surface area (Å²) in [6, 6.07) is 5.65. The first-order valence-corrected chi connectivity index (χ1v) is 8.33. The molecule has 1 atom stereocenters. The number of rotatable bonds is 4. The third kappa shape index (κ3) is 3.05. The van der Waals surface area contributed by atoms with Crippen molar-refractivity contribution in [2.45, 2.75) is 43.6 Å². The highest BCUT2D eigenvalue weighted by Crippen LogP contribution is 2.46. The molecule has 1 aliphatic heterocycles. The monoisotopic (exact) mass is 326 g/mol. The fourth-order valence-electron chi connectivity index (χ4n) is 3.35. The van der Waals surface area contributed by atoms with Crippen LogP contribution in [-0.2, 0) is 10.2 Å². The molecule has 5 heteroatoms. The van der Waals surface area contributed by atoms with Gasteiger partial charge < -0.3 is 10.6 Å². The van der Waals surface area contributed by atoms with Crippen LogP contribution in [0.4, 0.5) is 0 Å². The summed E-state index contributed by atoms with van der Waals surface area (Å²) in [4.78, 5) is 12.2. The molecule has 0 spiro atoms. The van der Waals surface area contributed by atoms with E-state index in [1.165, 1.54) is 6.42 Å². The van der Waals surface area contributed by atoms with Gasteiger partial charge in [-0.1, -0.05) is 35.7 Å². The van der Waals surface area contributed by atoms with Gasteiger partial charge in [-0.15, -0.1) is 0 Å². The van der Waals surface area contributed by atoms with E-state index in [1.807, 2.05) is 12.1 Å². The van der Waals surface area contributed by atoms with E-state index in [4.69, 9.17) is 23.2 Å². The molecular formula is C16H20Cl2N2O. The smallest absolute Gasteiger partial charge is 0.237 e. The van der Waals surface area contributed by atoms with E-state index < -0.39 is 0 Å². The number of nitrogens with one attached hydrogen (secondary N) is 2. The minimum absolute atomic E-state index is 0.0179. The van der Waals surface area contributed by atoms with Crippen molar-refractivity contribution in [3.8, 4) is 0 Å². The lowest BCUT2D eigenvalue weighted by Crippen LogP contribution is -2.49. The Morgan fingerprint density at radius 1 is 1.33 bits per heavy atom. The van der Waals surface area contributed by atoms with Crippen LogP contribution in [0, 0.1) is 0 Å². The van der Waals surface area contributed by atoms with E-state index in [1.54, 1.807) is 6.07 Å². The molecule has 1 unspecified atom stereocenters. The quantitative estimate of drug-likeness (QED) is 0.891. The van der Waals surface area contributed by atoms with Crippen molar-refractivity contribution >= 4 is 29.1 Å². The predicted octanol–water partition coefficient (Wildman–Crippen LogP) is 3.28. The van der Waals surface area contributed by atoms with Gasteiger partial charge in [-0.3, -0.25) is 4.79 Å². The standard InChI is InChI=1S/C16H20Cl2N2O/c17-11-4-5-12(13(18)9-11)16(6-2-7-16)10-20-15(21)14-3-1-8-19-14/h4-5,9,14,19H,1-3,6-8,10H2,(H,20,21). The number of carbonyl (C=O) groups excluding carboxylic acids is 1. The first kappa shape index (κ1) is 15.1. The Morgan fingerprint density at radius 3 is 2.71 bits per heavy atom. The third-order valence-electron chi connectivity index (χ3n) is 4.79. The van der Waals surface area contributed by atoms with Gasteiger partial charge in [-0.25, -0.2) is 0 Å². The van der Waals surface area contributed by atoms with Crippen molar-refractivity contribution in [1.29, 1.82) is 0 Å². The Hall–Kier alpha value is -0.770. The minimum Gasteiger partial charge on any atom is -0.354 e. The molecule has 1 saturated heterocycles. The lowest BCUT2D eigenvalue weighted by atomic mass is 9.64. The maximum absolute atomic E-state index is 12.2. The highest BCUT2D eigenvalue weighted by Gasteiger charge is 2.40. The van der Waals surface area contributed by atoms with E-state index in [2.05, 4.69) is 10.6 Å². The number of hydrogen-bond acceptors (Lipinski definition) is 2. The molecule has 0 bridgehead atoms. The highest BCUT2D eigenvalue weighted by atomic mass is 35.5. The summed E-state index contributed by atoms with van der Waals surface area (Å²) in [6.07, 6.45) is 5.31. The second kappa shape index (κ2) is 6.15. The topological polar surface area (TPSA) is 41.1 Å². The van der Waals surface area contributed by atoms with Crippen molar-refractivity contribution in [2.24, 2.45) is 0 Å². The Labute approximate surface area is 135 Å². The van der Waals surface area contributed by atoms with Gasteiger partial charge in [0.05, 0.1) is 6.04 Å². The van der Waals surface area contributed by atoms with E-state index in [0.717, 1.165) is 37.8 Å². The van der Waals surface area contributed by atoms with Crippen molar-refractivity contribution in [1.82, 2.24) is 10.6 Å². The van der Waals surface area contributed by atoms with Crippen molar-refractivity contribution < 1.29 is 4.79 Å². The molecule has 0 radical (unpaired) electrons. The summed E-state index contributed by atoms with van der Waals surface area (Å²) < 4.78 is 0. The molecule has 21 heavy (non-hydrogen) atoms. The molecule has 3 rings (SSSR count). The zero-order chi connectivity index (χ0) is 14.9. The summed E-state index contributed by atoms with van der Waals surface area (Å²) in [7, 11) is 0. The van der Waals surface area contributed by atoms with Gasteiger partial charge in [0.2, 0.25) is 5.91 Å². The van der Waals surface area contributed by atoms with E-state index >= 15 is 0 Å². The Kier molecular flexibility index (Phi) is 4.43. The van der Waals surface area contributed by atoms with Gasteiger partial charge in [-0.05, 0) is 49.9 Å². The molecule has 0 aromatic heterocycles. The van der Waals surface area contributed by atoms with Crippen LogP contribution in [0.2, 0.25) is 10.0 Å². The maximum Gasteiger partial charge on any atom is 0.237 e. The molecule has 114 valence electrons.